The van der Waals surface area contributed by atoms with Gasteiger partial charge in [0.15, 0.2) is 5.16 Å². The molecule has 8 heteroatoms. The van der Waals surface area contributed by atoms with Crippen LogP contribution in [0.4, 0.5) is 0 Å². The summed E-state index contributed by atoms with van der Waals surface area (Å²) in [5, 5.41) is 3.13. The Morgan fingerprint density at radius 2 is 1.88 bits per heavy atom. The molecule has 132 valence electrons. The van der Waals surface area contributed by atoms with E-state index in [9.17, 15) is 9.59 Å². The Balaban J connectivity index is 1.75. The van der Waals surface area contributed by atoms with Gasteiger partial charge in [0.1, 0.15) is 10.5 Å². The molecule has 0 atom stereocenters. The van der Waals surface area contributed by atoms with Gasteiger partial charge in [0.2, 0.25) is 0 Å². The highest BCUT2D eigenvalue weighted by Crippen LogP contribution is 2.23. The SMILES string of the molecule is CCn1c(SCc2nc3ccccc3c(=O)n2C)nc2ccsc2c1=O. The molecule has 0 unspecified atom stereocenters. The number of para-hydroxylation sites is 1. The highest BCUT2D eigenvalue weighted by atomic mass is 32.2. The van der Waals surface area contributed by atoms with Gasteiger partial charge in [-0.25, -0.2) is 9.97 Å². The second-order valence-corrected chi connectivity index (χ2v) is 7.64. The van der Waals surface area contributed by atoms with Crippen molar-refractivity contribution in [1.82, 2.24) is 19.1 Å². The van der Waals surface area contributed by atoms with Crippen molar-refractivity contribution in [3.05, 3.63) is 62.2 Å². The molecular formula is C18H16N4O2S2. The fourth-order valence-electron chi connectivity index (χ4n) is 2.83. The van der Waals surface area contributed by atoms with Crippen LogP contribution in [0.2, 0.25) is 0 Å². The maximum absolute atomic E-state index is 12.6. The van der Waals surface area contributed by atoms with E-state index in [0.29, 0.717) is 44.4 Å². The van der Waals surface area contributed by atoms with Crippen LogP contribution < -0.4 is 11.1 Å². The van der Waals surface area contributed by atoms with Crippen LogP contribution in [-0.2, 0) is 19.3 Å². The van der Waals surface area contributed by atoms with Gasteiger partial charge < -0.3 is 0 Å². The first-order valence-electron chi connectivity index (χ1n) is 8.15. The maximum atomic E-state index is 12.6. The maximum Gasteiger partial charge on any atom is 0.272 e. The van der Waals surface area contributed by atoms with Gasteiger partial charge >= 0.3 is 0 Å². The summed E-state index contributed by atoms with van der Waals surface area (Å²) in [5.74, 6) is 1.11. The number of benzene rings is 1. The standard InChI is InChI=1S/C18H16N4O2S2/c1-3-22-17(24)15-13(8-9-25-15)20-18(22)26-10-14-19-12-7-5-4-6-11(12)16(23)21(14)2/h4-9H,3,10H2,1-2H3. The smallest absolute Gasteiger partial charge is 0.272 e. The lowest BCUT2D eigenvalue weighted by Gasteiger charge is -2.11. The fraction of sp³-hybridized carbons (Fsp3) is 0.222. The van der Waals surface area contributed by atoms with Crippen LogP contribution in [-0.4, -0.2) is 19.1 Å². The van der Waals surface area contributed by atoms with Crippen molar-refractivity contribution in [2.45, 2.75) is 24.4 Å². The van der Waals surface area contributed by atoms with Crippen LogP contribution in [0.1, 0.15) is 12.7 Å². The zero-order valence-corrected chi connectivity index (χ0v) is 15.9. The third kappa shape index (κ3) is 2.75. The zero-order valence-electron chi connectivity index (χ0n) is 14.3. The molecule has 3 aromatic heterocycles. The molecule has 26 heavy (non-hydrogen) atoms. The average Bonchev–Trinajstić information content (AvgIpc) is 3.12. The molecule has 0 radical (unpaired) electrons. The normalized spacial score (nSPS) is 11.5. The van der Waals surface area contributed by atoms with Crippen LogP contribution in [0.25, 0.3) is 21.1 Å². The van der Waals surface area contributed by atoms with E-state index in [1.54, 1.807) is 22.2 Å². The number of nitrogens with zero attached hydrogens (tertiary/aromatic N) is 4. The first kappa shape index (κ1) is 17.0. The lowest BCUT2D eigenvalue weighted by molar-refractivity contribution is 0.635. The minimum absolute atomic E-state index is 0.0182. The van der Waals surface area contributed by atoms with E-state index in [1.807, 2.05) is 36.6 Å². The van der Waals surface area contributed by atoms with E-state index in [1.165, 1.54) is 23.1 Å². The molecule has 1 aromatic carbocycles. The molecule has 0 N–H and O–H groups in total. The summed E-state index contributed by atoms with van der Waals surface area (Å²) in [7, 11) is 1.72. The van der Waals surface area contributed by atoms with Gasteiger partial charge in [-0.05, 0) is 30.5 Å². The van der Waals surface area contributed by atoms with Crippen molar-refractivity contribution in [3.8, 4) is 0 Å². The molecule has 3 heterocycles. The Bertz CT molecular complexity index is 1240. The number of fused-ring (bicyclic) bond motifs is 2. The van der Waals surface area contributed by atoms with E-state index >= 15 is 0 Å². The molecule has 0 bridgehead atoms. The minimum Gasteiger partial charge on any atom is -0.299 e. The topological polar surface area (TPSA) is 69.8 Å². The average molecular weight is 384 g/mol. The molecule has 6 nitrogen and oxygen atoms in total. The molecule has 4 aromatic rings. The monoisotopic (exact) mass is 384 g/mol. The minimum atomic E-state index is -0.0691. The first-order valence-corrected chi connectivity index (χ1v) is 10.0. The fourth-order valence-corrected chi connectivity index (χ4v) is 4.66. The predicted molar refractivity (Wildman–Crippen MR) is 106 cm³/mol. The Hall–Kier alpha value is -2.45. The Kier molecular flexibility index (Phi) is 4.37. The number of hydrogen-bond donors (Lipinski definition) is 0. The van der Waals surface area contributed by atoms with Crippen molar-refractivity contribution in [1.29, 1.82) is 0 Å². The van der Waals surface area contributed by atoms with Gasteiger partial charge in [-0.15, -0.1) is 11.3 Å². The van der Waals surface area contributed by atoms with E-state index in [4.69, 9.17) is 0 Å². The van der Waals surface area contributed by atoms with Gasteiger partial charge in [-0.3, -0.25) is 18.7 Å². The molecule has 0 saturated heterocycles. The van der Waals surface area contributed by atoms with Crippen LogP contribution in [0.15, 0.2) is 50.5 Å². The summed E-state index contributed by atoms with van der Waals surface area (Å²) in [6, 6.07) is 9.17. The molecule has 0 aliphatic heterocycles. The largest absolute Gasteiger partial charge is 0.299 e. The highest BCUT2D eigenvalue weighted by Gasteiger charge is 2.14. The quantitative estimate of drug-likeness (QED) is 0.400. The van der Waals surface area contributed by atoms with Gasteiger partial charge in [-0.2, -0.15) is 0 Å². The summed E-state index contributed by atoms with van der Waals surface area (Å²) in [5.41, 5.74) is 1.31. The molecule has 0 amide bonds. The summed E-state index contributed by atoms with van der Waals surface area (Å²) in [4.78, 5) is 34.3. The van der Waals surface area contributed by atoms with E-state index in [2.05, 4.69) is 9.97 Å². The third-order valence-electron chi connectivity index (χ3n) is 4.25. The number of hydrogen-bond acceptors (Lipinski definition) is 6. The Morgan fingerprint density at radius 1 is 1.08 bits per heavy atom. The lowest BCUT2D eigenvalue weighted by atomic mass is 10.2. The van der Waals surface area contributed by atoms with Crippen molar-refractivity contribution in [2.24, 2.45) is 7.05 Å². The number of aromatic nitrogens is 4. The first-order chi connectivity index (χ1) is 12.6. The molecule has 0 spiro atoms. The Morgan fingerprint density at radius 3 is 2.69 bits per heavy atom. The van der Waals surface area contributed by atoms with E-state index in [-0.39, 0.29) is 11.1 Å². The van der Waals surface area contributed by atoms with Crippen LogP contribution in [0.5, 0.6) is 0 Å². The second kappa shape index (κ2) is 6.69. The van der Waals surface area contributed by atoms with E-state index < -0.39 is 0 Å². The second-order valence-electron chi connectivity index (χ2n) is 5.78. The van der Waals surface area contributed by atoms with E-state index in [0.717, 1.165) is 0 Å². The van der Waals surface area contributed by atoms with Crippen molar-refractivity contribution in [2.75, 3.05) is 0 Å². The highest BCUT2D eigenvalue weighted by molar-refractivity contribution is 7.98. The molecule has 0 saturated carbocycles. The van der Waals surface area contributed by atoms with Crippen LogP contribution >= 0.6 is 23.1 Å². The molecule has 0 fully saturated rings. The number of thioether (sulfide) groups is 1. The summed E-state index contributed by atoms with van der Waals surface area (Å²) < 4.78 is 3.91. The molecule has 0 aliphatic rings. The molecule has 0 aliphatic carbocycles. The summed E-state index contributed by atoms with van der Waals surface area (Å²) >= 11 is 2.83. The van der Waals surface area contributed by atoms with Gasteiger partial charge in [0.25, 0.3) is 11.1 Å². The Labute approximate surface area is 157 Å². The third-order valence-corrected chi connectivity index (χ3v) is 6.12. The summed E-state index contributed by atoms with van der Waals surface area (Å²) in [6.07, 6.45) is 0. The van der Waals surface area contributed by atoms with Gasteiger partial charge in [0.05, 0.1) is 22.2 Å². The van der Waals surface area contributed by atoms with Crippen molar-refractivity contribution in [3.63, 3.8) is 0 Å². The van der Waals surface area contributed by atoms with Crippen LogP contribution in [0.3, 0.4) is 0 Å². The van der Waals surface area contributed by atoms with Gasteiger partial charge in [-0.1, -0.05) is 23.9 Å². The number of rotatable bonds is 4. The van der Waals surface area contributed by atoms with Gasteiger partial charge in [0, 0.05) is 13.6 Å². The molecule has 4 rings (SSSR count). The zero-order chi connectivity index (χ0) is 18.3. The van der Waals surface area contributed by atoms with Crippen molar-refractivity contribution < 1.29 is 0 Å². The number of thiophene rings is 1. The lowest BCUT2D eigenvalue weighted by Crippen LogP contribution is -2.23. The van der Waals surface area contributed by atoms with Crippen molar-refractivity contribution >= 4 is 44.2 Å². The summed E-state index contributed by atoms with van der Waals surface area (Å²) in [6.45, 7) is 2.47. The van der Waals surface area contributed by atoms with Crippen LogP contribution in [0, 0.1) is 0 Å². The molecular weight excluding hydrogens is 368 g/mol. The predicted octanol–water partition coefficient (Wildman–Crippen LogP) is 3.02.